The number of carbonyl (C=O) groups is 2. The number of carboxylic acids is 1. The minimum atomic E-state index is -1.06. The fraction of sp³-hybridized carbons (Fsp3) is 0.417. The average molecular weight is 599 g/mol. The van der Waals surface area contributed by atoms with Crippen molar-refractivity contribution in [3.05, 3.63) is 87.4 Å². The normalized spacial score (nSPS) is 14.7. The maximum absolute atomic E-state index is 13.4. The summed E-state index contributed by atoms with van der Waals surface area (Å²) in [6.07, 6.45) is 5.73. The molecule has 0 spiro atoms. The minimum Gasteiger partial charge on any atom is -0.480 e. The van der Waals surface area contributed by atoms with Crippen LogP contribution in [0.3, 0.4) is 0 Å². The molecule has 0 saturated heterocycles. The molecule has 2 N–H and O–H groups in total. The predicted molar refractivity (Wildman–Crippen MR) is 174 cm³/mol. The van der Waals surface area contributed by atoms with Gasteiger partial charge in [0.1, 0.15) is 23.2 Å². The van der Waals surface area contributed by atoms with Crippen LogP contribution in [-0.2, 0) is 23.1 Å². The van der Waals surface area contributed by atoms with E-state index in [4.69, 9.17) is 9.72 Å². The number of carbonyl (C=O) groups excluding carboxylic acids is 1. The zero-order valence-electron chi connectivity index (χ0n) is 25.8. The van der Waals surface area contributed by atoms with Gasteiger partial charge >= 0.3 is 5.97 Å². The molecule has 1 atom stereocenters. The Morgan fingerprint density at radius 3 is 2.33 bits per heavy atom. The fourth-order valence-corrected chi connectivity index (χ4v) is 6.79. The first-order valence-electron chi connectivity index (χ1n) is 15.3. The Kier molecular flexibility index (Phi) is 9.21. The molecule has 0 bridgehead atoms. The lowest BCUT2D eigenvalue weighted by Crippen LogP contribution is -2.42. The number of carboxylic acid groups (broad SMARTS) is 1. The number of benzene rings is 2. The van der Waals surface area contributed by atoms with Crippen LogP contribution in [0.15, 0.2) is 60.7 Å². The molecule has 0 aliphatic heterocycles. The third kappa shape index (κ3) is 7.63. The number of fused-ring (bicyclic) bond motifs is 1. The zero-order chi connectivity index (χ0) is 30.7. The van der Waals surface area contributed by atoms with E-state index in [1.807, 2.05) is 42.5 Å². The van der Waals surface area contributed by atoms with E-state index in [0.717, 1.165) is 46.4 Å². The third-order valence-electron chi connectivity index (χ3n) is 8.29. The van der Waals surface area contributed by atoms with Gasteiger partial charge in [-0.05, 0) is 77.1 Å². The van der Waals surface area contributed by atoms with Crippen LogP contribution >= 0.6 is 11.3 Å². The number of ether oxygens (including phenoxy) is 1. The molecule has 2 heterocycles. The molecule has 5 rings (SSSR count). The summed E-state index contributed by atoms with van der Waals surface area (Å²) in [6.45, 7) is 10.8. The van der Waals surface area contributed by atoms with Crippen LogP contribution in [0, 0.1) is 5.92 Å². The molecule has 43 heavy (non-hydrogen) atoms. The molecule has 6 nitrogen and oxygen atoms in total. The second-order valence-electron chi connectivity index (χ2n) is 13.1. The highest BCUT2D eigenvalue weighted by Gasteiger charge is 2.25. The number of nitrogens with one attached hydrogen (secondary N) is 1. The molecule has 226 valence electrons. The average Bonchev–Trinajstić information content (AvgIpc) is 3.65. The number of hydrogen-bond donors (Lipinski definition) is 2. The Bertz CT molecular complexity index is 1590. The van der Waals surface area contributed by atoms with Crippen molar-refractivity contribution in [2.75, 3.05) is 0 Å². The Morgan fingerprint density at radius 2 is 1.70 bits per heavy atom. The van der Waals surface area contributed by atoms with Gasteiger partial charge in [-0.25, -0.2) is 9.78 Å². The minimum absolute atomic E-state index is 0.0675. The number of amides is 1. The second kappa shape index (κ2) is 12.9. The summed E-state index contributed by atoms with van der Waals surface area (Å²) in [5.41, 5.74) is 2.41. The van der Waals surface area contributed by atoms with E-state index in [9.17, 15) is 14.7 Å². The molecular weight excluding hydrogens is 556 g/mol. The van der Waals surface area contributed by atoms with Crippen molar-refractivity contribution in [1.82, 2.24) is 10.3 Å². The smallest absolute Gasteiger partial charge is 0.326 e. The number of aliphatic carboxylic acids is 1. The van der Waals surface area contributed by atoms with Gasteiger partial charge in [-0.3, -0.25) is 4.79 Å². The first-order chi connectivity index (χ1) is 20.5. The van der Waals surface area contributed by atoms with Crippen LogP contribution < -0.4 is 10.1 Å². The molecule has 1 amide bonds. The van der Waals surface area contributed by atoms with Gasteiger partial charge in [0.15, 0.2) is 0 Å². The van der Waals surface area contributed by atoms with E-state index in [1.165, 1.54) is 23.3 Å². The SMILES string of the molecule is CC(C)c1ccc(C[C@@H](NC(=O)c2cc3ccc(Oc4ccc(C(C)(C)C)cc4)cc3c(CC3CCCC3)n2)C(=O)O)s1. The van der Waals surface area contributed by atoms with Gasteiger partial charge in [0, 0.05) is 27.3 Å². The van der Waals surface area contributed by atoms with Gasteiger partial charge in [0.25, 0.3) is 5.91 Å². The number of thiophene rings is 1. The molecule has 1 fully saturated rings. The summed E-state index contributed by atoms with van der Waals surface area (Å²) in [5.74, 6) is 0.838. The largest absolute Gasteiger partial charge is 0.480 e. The first-order valence-corrected chi connectivity index (χ1v) is 16.1. The zero-order valence-corrected chi connectivity index (χ0v) is 26.6. The van der Waals surface area contributed by atoms with Gasteiger partial charge in [-0.15, -0.1) is 11.3 Å². The van der Waals surface area contributed by atoms with E-state index in [2.05, 4.69) is 52.1 Å². The summed E-state index contributed by atoms with van der Waals surface area (Å²) >= 11 is 1.59. The molecule has 2 aromatic heterocycles. The fourth-order valence-electron chi connectivity index (χ4n) is 5.73. The van der Waals surface area contributed by atoms with E-state index in [1.54, 1.807) is 17.4 Å². The van der Waals surface area contributed by atoms with Crippen molar-refractivity contribution >= 4 is 34.0 Å². The monoisotopic (exact) mass is 598 g/mol. The maximum atomic E-state index is 13.4. The summed E-state index contributed by atoms with van der Waals surface area (Å²) in [5, 5.41) is 14.5. The number of nitrogens with zero attached hydrogens (tertiary/aromatic N) is 1. The highest BCUT2D eigenvalue weighted by molar-refractivity contribution is 7.12. The lowest BCUT2D eigenvalue weighted by molar-refractivity contribution is -0.139. The van der Waals surface area contributed by atoms with Gasteiger partial charge in [0.05, 0.1) is 0 Å². The molecule has 1 aliphatic rings. The molecule has 2 aromatic carbocycles. The van der Waals surface area contributed by atoms with E-state index >= 15 is 0 Å². The lowest BCUT2D eigenvalue weighted by atomic mass is 9.87. The van der Waals surface area contributed by atoms with E-state index in [-0.39, 0.29) is 17.5 Å². The van der Waals surface area contributed by atoms with E-state index in [0.29, 0.717) is 17.6 Å². The van der Waals surface area contributed by atoms with Gasteiger partial charge in [-0.2, -0.15) is 0 Å². The molecule has 1 aliphatic carbocycles. The van der Waals surface area contributed by atoms with Crippen molar-refractivity contribution in [3.63, 3.8) is 0 Å². The van der Waals surface area contributed by atoms with Crippen LogP contribution in [0.2, 0.25) is 0 Å². The summed E-state index contributed by atoms with van der Waals surface area (Å²) in [7, 11) is 0. The van der Waals surface area contributed by atoms with Crippen LogP contribution in [0.5, 0.6) is 11.5 Å². The van der Waals surface area contributed by atoms with Crippen molar-refractivity contribution in [2.45, 2.75) is 90.5 Å². The van der Waals surface area contributed by atoms with Gasteiger partial charge in [-0.1, -0.05) is 78.5 Å². The predicted octanol–water partition coefficient (Wildman–Crippen LogP) is 8.67. The number of aromatic nitrogens is 1. The van der Waals surface area contributed by atoms with Gasteiger partial charge < -0.3 is 15.2 Å². The van der Waals surface area contributed by atoms with Crippen molar-refractivity contribution < 1.29 is 19.4 Å². The van der Waals surface area contributed by atoms with Crippen molar-refractivity contribution in [2.24, 2.45) is 5.92 Å². The Balaban J connectivity index is 1.41. The molecule has 0 radical (unpaired) electrons. The highest BCUT2D eigenvalue weighted by atomic mass is 32.1. The number of hydrogen-bond acceptors (Lipinski definition) is 5. The third-order valence-corrected chi connectivity index (χ3v) is 9.70. The van der Waals surface area contributed by atoms with Crippen LogP contribution in [0.25, 0.3) is 10.8 Å². The summed E-state index contributed by atoms with van der Waals surface area (Å²) in [4.78, 5) is 32.5. The molecular formula is C36H42N2O4S. The van der Waals surface area contributed by atoms with Crippen LogP contribution in [0.4, 0.5) is 0 Å². The number of pyridine rings is 1. The number of rotatable bonds is 10. The standard InChI is InChI=1S/C36H42N2O4S/c1-22(2)33-17-16-28(43-33)21-32(35(40)41)38-34(39)31-19-24-10-13-27(42-26-14-11-25(12-15-26)36(3,4)5)20-29(24)30(37-31)18-23-8-6-7-9-23/h10-17,19-20,22-23,32H,6-9,18,21H2,1-5H3,(H,38,39)(H,40,41)/t32-/m1/s1. The van der Waals surface area contributed by atoms with Crippen molar-refractivity contribution in [3.8, 4) is 11.5 Å². The highest BCUT2D eigenvalue weighted by Crippen LogP contribution is 2.33. The quantitative estimate of drug-likeness (QED) is 0.191. The summed E-state index contributed by atoms with van der Waals surface area (Å²) < 4.78 is 6.24. The second-order valence-corrected chi connectivity index (χ2v) is 14.3. The maximum Gasteiger partial charge on any atom is 0.326 e. The topological polar surface area (TPSA) is 88.5 Å². The van der Waals surface area contributed by atoms with Crippen LogP contribution in [-0.4, -0.2) is 28.0 Å². The van der Waals surface area contributed by atoms with Crippen molar-refractivity contribution in [1.29, 1.82) is 0 Å². The molecule has 0 unspecified atom stereocenters. The molecule has 7 heteroatoms. The first kappa shape index (κ1) is 30.7. The Hall–Kier alpha value is -3.71. The molecule has 4 aromatic rings. The Labute approximate surface area is 258 Å². The van der Waals surface area contributed by atoms with E-state index < -0.39 is 17.9 Å². The van der Waals surface area contributed by atoms with Gasteiger partial charge in [0.2, 0.25) is 0 Å². The summed E-state index contributed by atoms with van der Waals surface area (Å²) in [6, 6.07) is 18.8. The Morgan fingerprint density at radius 1 is 1.00 bits per heavy atom. The molecule has 1 saturated carbocycles. The lowest BCUT2D eigenvalue weighted by Gasteiger charge is -2.19. The van der Waals surface area contributed by atoms with Crippen LogP contribution in [0.1, 0.15) is 97.7 Å².